The first kappa shape index (κ1) is 18.8. The summed E-state index contributed by atoms with van der Waals surface area (Å²) in [6.45, 7) is 3.67. The molecular weight excluding hydrogens is 321 g/mol. The van der Waals surface area contributed by atoms with Gasteiger partial charge >= 0.3 is 0 Å². The van der Waals surface area contributed by atoms with Crippen molar-refractivity contribution in [1.82, 2.24) is 5.32 Å². The lowest BCUT2D eigenvalue weighted by atomic mass is 10.1. The average Bonchev–Trinajstić information content (AvgIpc) is 2.51. The molecule has 1 atom stereocenters. The van der Waals surface area contributed by atoms with Crippen LogP contribution >= 0.6 is 24.0 Å². The normalized spacial score (nSPS) is 11.6. The Balaban J connectivity index is 0.00000242. The van der Waals surface area contributed by atoms with Crippen molar-refractivity contribution >= 4 is 24.0 Å². The zero-order chi connectivity index (χ0) is 15.1. The Morgan fingerprint density at radius 1 is 1.18 bits per heavy atom. The second-order valence-corrected chi connectivity index (χ2v) is 5.16. The van der Waals surface area contributed by atoms with Gasteiger partial charge in [-0.15, -0.1) is 12.4 Å². The van der Waals surface area contributed by atoms with Crippen LogP contribution in [-0.2, 0) is 6.54 Å². The lowest BCUT2D eigenvalue weighted by Gasteiger charge is -2.13. The van der Waals surface area contributed by atoms with Gasteiger partial charge in [0.2, 0.25) is 0 Å². The SMILES string of the molecule is CCOc1ccc(CNCC(O)c2ccccc2)cc1Cl.Cl. The first-order valence-corrected chi connectivity index (χ1v) is 7.43. The summed E-state index contributed by atoms with van der Waals surface area (Å²) in [5.41, 5.74) is 1.97. The Hall–Kier alpha value is -1.26. The van der Waals surface area contributed by atoms with Crippen molar-refractivity contribution in [1.29, 1.82) is 0 Å². The molecule has 0 heterocycles. The lowest BCUT2D eigenvalue weighted by molar-refractivity contribution is 0.174. The largest absolute Gasteiger partial charge is 0.492 e. The molecule has 0 aliphatic rings. The number of aliphatic hydroxyl groups is 1. The number of nitrogens with one attached hydrogen (secondary N) is 1. The van der Waals surface area contributed by atoms with Crippen LogP contribution in [0.4, 0.5) is 0 Å². The molecule has 0 radical (unpaired) electrons. The van der Waals surface area contributed by atoms with E-state index in [1.54, 1.807) is 0 Å². The summed E-state index contributed by atoms with van der Waals surface area (Å²) in [5.74, 6) is 0.701. The maximum atomic E-state index is 10.1. The van der Waals surface area contributed by atoms with E-state index in [4.69, 9.17) is 16.3 Å². The Morgan fingerprint density at radius 3 is 2.55 bits per heavy atom. The molecule has 1 unspecified atom stereocenters. The van der Waals surface area contributed by atoms with Crippen LogP contribution in [0.2, 0.25) is 5.02 Å². The van der Waals surface area contributed by atoms with Gasteiger partial charge in [-0.25, -0.2) is 0 Å². The minimum absolute atomic E-state index is 0. The van der Waals surface area contributed by atoms with Gasteiger partial charge in [0.05, 0.1) is 17.7 Å². The van der Waals surface area contributed by atoms with Crippen LogP contribution in [0.15, 0.2) is 48.5 Å². The van der Waals surface area contributed by atoms with Crippen LogP contribution in [0.3, 0.4) is 0 Å². The monoisotopic (exact) mass is 341 g/mol. The summed E-state index contributed by atoms with van der Waals surface area (Å²) in [6.07, 6.45) is -0.510. The Morgan fingerprint density at radius 2 is 1.91 bits per heavy atom. The Bertz CT molecular complexity index is 564. The van der Waals surface area contributed by atoms with E-state index in [1.165, 1.54) is 0 Å². The molecule has 2 rings (SSSR count). The first-order valence-electron chi connectivity index (χ1n) is 7.05. The summed E-state index contributed by atoms with van der Waals surface area (Å²) in [7, 11) is 0. The third kappa shape index (κ3) is 5.50. The summed E-state index contributed by atoms with van der Waals surface area (Å²) in [5, 5.41) is 13.9. The highest BCUT2D eigenvalue weighted by molar-refractivity contribution is 6.32. The van der Waals surface area contributed by atoms with Crippen molar-refractivity contribution in [2.45, 2.75) is 19.6 Å². The molecule has 0 bridgehead atoms. The van der Waals surface area contributed by atoms with Gasteiger partial charge < -0.3 is 15.2 Å². The molecule has 0 amide bonds. The molecule has 2 aromatic rings. The summed E-state index contributed by atoms with van der Waals surface area (Å²) in [4.78, 5) is 0. The van der Waals surface area contributed by atoms with E-state index in [0.717, 1.165) is 11.1 Å². The number of rotatable bonds is 7. The minimum Gasteiger partial charge on any atom is -0.492 e. The van der Waals surface area contributed by atoms with Crippen molar-refractivity contribution in [3.05, 3.63) is 64.7 Å². The van der Waals surface area contributed by atoms with Crippen LogP contribution in [0.1, 0.15) is 24.2 Å². The van der Waals surface area contributed by atoms with E-state index < -0.39 is 6.10 Å². The minimum atomic E-state index is -0.510. The first-order chi connectivity index (χ1) is 10.2. The summed E-state index contributed by atoms with van der Waals surface area (Å²) < 4.78 is 5.40. The maximum absolute atomic E-state index is 10.1. The summed E-state index contributed by atoms with van der Waals surface area (Å²) >= 11 is 6.14. The molecule has 2 aromatic carbocycles. The number of benzene rings is 2. The van der Waals surface area contributed by atoms with Crippen LogP contribution in [-0.4, -0.2) is 18.3 Å². The third-order valence-electron chi connectivity index (χ3n) is 3.15. The number of ether oxygens (including phenoxy) is 1. The molecule has 0 saturated heterocycles. The van der Waals surface area contributed by atoms with Gasteiger partial charge in [-0.3, -0.25) is 0 Å². The van der Waals surface area contributed by atoms with E-state index >= 15 is 0 Å². The molecule has 0 aromatic heterocycles. The fourth-order valence-electron chi connectivity index (χ4n) is 2.07. The molecule has 0 aliphatic heterocycles. The molecule has 0 aliphatic carbocycles. The average molecular weight is 342 g/mol. The molecule has 3 nitrogen and oxygen atoms in total. The van der Waals surface area contributed by atoms with Crippen molar-refractivity contribution in [2.75, 3.05) is 13.2 Å². The molecular formula is C17H21Cl2NO2. The van der Waals surface area contributed by atoms with Crippen molar-refractivity contribution in [3.63, 3.8) is 0 Å². The Kier molecular flexibility index (Phi) is 8.28. The van der Waals surface area contributed by atoms with E-state index in [9.17, 15) is 5.11 Å². The van der Waals surface area contributed by atoms with Gasteiger partial charge in [0.15, 0.2) is 0 Å². The van der Waals surface area contributed by atoms with E-state index in [0.29, 0.717) is 30.5 Å². The van der Waals surface area contributed by atoms with Gasteiger partial charge in [-0.2, -0.15) is 0 Å². The third-order valence-corrected chi connectivity index (χ3v) is 3.44. The second-order valence-electron chi connectivity index (χ2n) is 4.76. The Labute approximate surface area is 142 Å². The van der Waals surface area contributed by atoms with Crippen LogP contribution in [0, 0.1) is 0 Å². The standard InChI is InChI=1S/C17H20ClNO2.ClH/c1-2-21-17-9-8-13(10-15(17)18)11-19-12-16(20)14-6-4-3-5-7-14;/h3-10,16,19-20H,2,11-12H2,1H3;1H. The number of aliphatic hydroxyl groups excluding tert-OH is 1. The molecule has 0 spiro atoms. The molecule has 2 N–H and O–H groups in total. The van der Waals surface area contributed by atoms with E-state index in [1.807, 2.05) is 55.5 Å². The van der Waals surface area contributed by atoms with Gasteiger partial charge in [0, 0.05) is 13.1 Å². The highest BCUT2D eigenvalue weighted by Gasteiger charge is 2.07. The summed E-state index contributed by atoms with van der Waals surface area (Å²) in [6, 6.07) is 15.3. The van der Waals surface area contributed by atoms with Crippen molar-refractivity contribution in [2.24, 2.45) is 0 Å². The topological polar surface area (TPSA) is 41.5 Å². The van der Waals surface area contributed by atoms with Gasteiger partial charge in [-0.05, 0) is 30.2 Å². The predicted molar refractivity (Wildman–Crippen MR) is 93.0 cm³/mol. The lowest BCUT2D eigenvalue weighted by Crippen LogP contribution is -2.21. The van der Waals surface area contributed by atoms with E-state index in [-0.39, 0.29) is 12.4 Å². The molecule has 120 valence electrons. The van der Waals surface area contributed by atoms with Gasteiger partial charge in [0.25, 0.3) is 0 Å². The number of hydrogen-bond acceptors (Lipinski definition) is 3. The fraction of sp³-hybridized carbons (Fsp3) is 0.294. The number of hydrogen-bond donors (Lipinski definition) is 2. The van der Waals surface area contributed by atoms with Crippen molar-refractivity contribution < 1.29 is 9.84 Å². The smallest absolute Gasteiger partial charge is 0.137 e. The zero-order valence-electron chi connectivity index (χ0n) is 12.5. The van der Waals surface area contributed by atoms with Gasteiger partial charge in [0.1, 0.15) is 5.75 Å². The molecule has 0 fully saturated rings. The highest BCUT2D eigenvalue weighted by atomic mass is 35.5. The van der Waals surface area contributed by atoms with Crippen molar-refractivity contribution in [3.8, 4) is 5.75 Å². The van der Waals surface area contributed by atoms with Crippen LogP contribution < -0.4 is 10.1 Å². The van der Waals surface area contributed by atoms with Crippen LogP contribution in [0.25, 0.3) is 0 Å². The van der Waals surface area contributed by atoms with Gasteiger partial charge in [-0.1, -0.05) is 48.0 Å². The quantitative estimate of drug-likeness (QED) is 0.800. The van der Waals surface area contributed by atoms with Crippen LogP contribution in [0.5, 0.6) is 5.75 Å². The zero-order valence-corrected chi connectivity index (χ0v) is 14.0. The van der Waals surface area contributed by atoms with E-state index in [2.05, 4.69) is 5.32 Å². The number of halogens is 2. The maximum Gasteiger partial charge on any atom is 0.137 e. The molecule has 5 heteroatoms. The molecule has 22 heavy (non-hydrogen) atoms. The molecule has 0 saturated carbocycles. The predicted octanol–water partition coefficient (Wildman–Crippen LogP) is 3.98. The fourth-order valence-corrected chi connectivity index (χ4v) is 2.33. The second kappa shape index (κ2) is 9.70. The highest BCUT2D eigenvalue weighted by Crippen LogP contribution is 2.25.